The largest absolute Gasteiger partial charge is 0.452 e. The second-order valence-corrected chi connectivity index (χ2v) is 7.14. The lowest BCUT2D eigenvalue weighted by molar-refractivity contribution is -0.133. The number of nitrogens with zero attached hydrogens (tertiary/aromatic N) is 1. The van der Waals surface area contributed by atoms with Gasteiger partial charge in [-0.1, -0.05) is 18.2 Å². The normalized spacial score (nSPS) is 10.8. The molecule has 0 spiro atoms. The van der Waals surface area contributed by atoms with Crippen LogP contribution >= 0.6 is 0 Å². The Labute approximate surface area is 142 Å². The fourth-order valence-corrected chi connectivity index (χ4v) is 2.48. The Morgan fingerprint density at radius 2 is 2.00 bits per heavy atom. The Morgan fingerprint density at radius 1 is 1.33 bits per heavy atom. The number of carbonyl (C=O) groups is 2. The van der Waals surface area contributed by atoms with E-state index in [2.05, 4.69) is 11.3 Å². The number of hydrogen-bond acceptors (Lipinski definition) is 5. The zero-order valence-corrected chi connectivity index (χ0v) is 14.9. The van der Waals surface area contributed by atoms with E-state index in [1.807, 2.05) is 13.8 Å². The van der Waals surface area contributed by atoms with Crippen molar-refractivity contribution >= 4 is 27.6 Å². The van der Waals surface area contributed by atoms with Crippen molar-refractivity contribution in [2.24, 2.45) is 0 Å². The first-order valence-electron chi connectivity index (χ1n) is 7.29. The zero-order chi connectivity index (χ0) is 18.3. The number of carbonyl (C=O) groups excluding carboxylic acids is 2. The Hall–Kier alpha value is -2.35. The lowest BCUT2D eigenvalue weighted by Gasteiger charge is -2.20. The van der Waals surface area contributed by atoms with Gasteiger partial charge < -0.3 is 9.64 Å². The third-order valence-electron chi connectivity index (χ3n) is 2.92. The monoisotopic (exact) mass is 354 g/mol. The lowest BCUT2D eigenvalue weighted by atomic mass is 10.2. The standard InChI is InChI=1S/C16H22N2O5S/c1-5-18(10-12(2)3)15(19)11-23-16(20)13-7-6-8-14(9-13)17-24(4,21)22/h6-9,17H,2,5,10-11H2,1,3-4H3. The van der Waals surface area contributed by atoms with Crippen molar-refractivity contribution in [1.82, 2.24) is 4.90 Å². The van der Waals surface area contributed by atoms with Gasteiger partial charge in [0.15, 0.2) is 6.61 Å². The summed E-state index contributed by atoms with van der Waals surface area (Å²) in [5.41, 5.74) is 1.23. The van der Waals surface area contributed by atoms with Gasteiger partial charge in [0.2, 0.25) is 10.0 Å². The molecule has 1 aromatic carbocycles. The quantitative estimate of drug-likeness (QED) is 0.566. The van der Waals surface area contributed by atoms with Crippen molar-refractivity contribution in [3.05, 3.63) is 42.0 Å². The SMILES string of the molecule is C=C(C)CN(CC)C(=O)COC(=O)c1cccc(NS(C)(=O)=O)c1. The Bertz CT molecular complexity index is 728. The van der Waals surface area contributed by atoms with Crippen LogP contribution in [0.25, 0.3) is 0 Å². The molecule has 0 saturated heterocycles. The highest BCUT2D eigenvalue weighted by atomic mass is 32.2. The summed E-state index contributed by atoms with van der Waals surface area (Å²) in [5, 5.41) is 0. The molecule has 1 N–H and O–H groups in total. The maximum Gasteiger partial charge on any atom is 0.338 e. The summed E-state index contributed by atoms with van der Waals surface area (Å²) in [6.07, 6.45) is 1.01. The zero-order valence-electron chi connectivity index (χ0n) is 14.0. The average molecular weight is 354 g/mol. The summed E-state index contributed by atoms with van der Waals surface area (Å²) in [6.45, 7) is 7.88. The van der Waals surface area contributed by atoms with Gasteiger partial charge in [-0.2, -0.15) is 0 Å². The molecular weight excluding hydrogens is 332 g/mol. The van der Waals surface area contributed by atoms with Crippen LogP contribution in [0, 0.1) is 0 Å². The molecule has 0 fully saturated rings. The Balaban J connectivity index is 2.70. The van der Waals surface area contributed by atoms with E-state index >= 15 is 0 Å². The van der Waals surface area contributed by atoms with Gasteiger partial charge in [0.05, 0.1) is 11.8 Å². The number of amides is 1. The van der Waals surface area contributed by atoms with Crippen molar-refractivity contribution in [3.63, 3.8) is 0 Å². The number of likely N-dealkylation sites (N-methyl/N-ethyl adjacent to an activating group) is 1. The second-order valence-electron chi connectivity index (χ2n) is 5.40. The summed E-state index contributed by atoms with van der Waals surface area (Å²) in [6, 6.07) is 5.85. The molecule has 0 heterocycles. The van der Waals surface area contributed by atoms with Gasteiger partial charge in [-0.3, -0.25) is 9.52 Å². The third-order valence-corrected chi connectivity index (χ3v) is 3.53. The highest BCUT2D eigenvalue weighted by molar-refractivity contribution is 7.92. The van der Waals surface area contributed by atoms with Crippen LogP contribution in [0.15, 0.2) is 36.4 Å². The molecule has 0 aliphatic rings. The summed E-state index contributed by atoms with van der Waals surface area (Å²) < 4.78 is 29.7. The van der Waals surface area contributed by atoms with Crippen molar-refractivity contribution in [2.45, 2.75) is 13.8 Å². The Morgan fingerprint density at radius 3 is 2.54 bits per heavy atom. The van der Waals surface area contributed by atoms with E-state index in [-0.39, 0.29) is 23.8 Å². The molecule has 1 rings (SSSR count). The molecular formula is C16H22N2O5S. The molecule has 0 bridgehead atoms. The maximum atomic E-state index is 12.0. The predicted octanol–water partition coefficient (Wildman–Crippen LogP) is 1.64. The predicted molar refractivity (Wildman–Crippen MR) is 92.3 cm³/mol. The Kier molecular flexibility index (Phi) is 6.97. The van der Waals surface area contributed by atoms with E-state index < -0.39 is 16.0 Å². The number of anilines is 1. The van der Waals surface area contributed by atoms with Crippen LogP contribution in [0.3, 0.4) is 0 Å². The van der Waals surface area contributed by atoms with E-state index in [4.69, 9.17) is 4.74 Å². The first-order valence-corrected chi connectivity index (χ1v) is 9.18. The van der Waals surface area contributed by atoms with Crippen LogP contribution in [-0.4, -0.2) is 51.1 Å². The molecule has 0 atom stereocenters. The van der Waals surface area contributed by atoms with E-state index in [9.17, 15) is 18.0 Å². The molecule has 8 heteroatoms. The number of sulfonamides is 1. The molecule has 132 valence electrons. The summed E-state index contributed by atoms with van der Waals surface area (Å²) in [7, 11) is -3.44. The van der Waals surface area contributed by atoms with Gasteiger partial charge in [0, 0.05) is 18.8 Å². The van der Waals surface area contributed by atoms with Crippen LogP contribution in [0.1, 0.15) is 24.2 Å². The molecule has 0 aliphatic carbocycles. The fraction of sp³-hybridized carbons (Fsp3) is 0.375. The smallest absolute Gasteiger partial charge is 0.338 e. The first kappa shape index (κ1) is 19.7. The molecule has 24 heavy (non-hydrogen) atoms. The molecule has 7 nitrogen and oxygen atoms in total. The number of hydrogen-bond donors (Lipinski definition) is 1. The average Bonchev–Trinajstić information content (AvgIpc) is 2.48. The van der Waals surface area contributed by atoms with E-state index in [0.717, 1.165) is 11.8 Å². The molecule has 0 saturated carbocycles. The summed E-state index contributed by atoms with van der Waals surface area (Å²) >= 11 is 0. The number of nitrogens with one attached hydrogen (secondary N) is 1. The lowest BCUT2D eigenvalue weighted by Crippen LogP contribution is -2.35. The van der Waals surface area contributed by atoms with E-state index in [1.165, 1.54) is 29.2 Å². The fourth-order valence-electron chi connectivity index (χ4n) is 1.93. The number of ether oxygens (including phenoxy) is 1. The first-order chi connectivity index (χ1) is 11.1. The summed E-state index contributed by atoms with van der Waals surface area (Å²) in [4.78, 5) is 25.6. The molecule has 0 aromatic heterocycles. The number of rotatable bonds is 8. The van der Waals surface area contributed by atoms with Crippen LogP contribution in [0.2, 0.25) is 0 Å². The highest BCUT2D eigenvalue weighted by Crippen LogP contribution is 2.13. The minimum atomic E-state index is -3.44. The van der Waals surface area contributed by atoms with E-state index in [1.54, 1.807) is 0 Å². The van der Waals surface area contributed by atoms with Crippen molar-refractivity contribution < 1.29 is 22.7 Å². The van der Waals surface area contributed by atoms with Gasteiger partial charge in [0.1, 0.15) is 0 Å². The molecule has 0 aliphatic heterocycles. The molecule has 1 amide bonds. The third kappa shape index (κ3) is 6.82. The van der Waals surface area contributed by atoms with Gasteiger partial charge >= 0.3 is 5.97 Å². The maximum absolute atomic E-state index is 12.0. The minimum absolute atomic E-state index is 0.152. The van der Waals surface area contributed by atoms with Gasteiger partial charge in [-0.05, 0) is 32.0 Å². The van der Waals surface area contributed by atoms with Gasteiger partial charge in [0.25, 0.3) is 5.91 Å². The van der Waals surface area contributed by atoms with Crippen LogP contribution in [0.5, 0.6) is 0 Å². The summed E-state index contributed by atoms with van der Waals surface area (Å²) in [5.74, 6) is -1.02. The van der Waals surface area contributed by atoms with Crippen molar-refractivity contribution in [2.75, 3.05) is 30.7 Å². The molecule has 1 aromatic rings. The van der Waals surface area contributed by atoms with Crippen molar-refractivity contribution in [3.8, 4) is 0 Å². The van der Waals surface area contributed by atoms with Crippen molar-refractivity contribution in [1.29, 1.82) is 0 Å². The highest BCUT2D eigenvalue weighted by Gasteiger charge is 2.16. The topological polar surface area (TPSA) is 92.8 Å². The van der Waals surface area contributed by atoms with E-state index in [0.29, 0.717) is 13.1 Å². The number of esters is 1. The molecule has 0 radical (unpaired) electrons. The van der Waals surface area contributed by atoms with Crippen LogP contribution < -0.4 is 4.72 Å². The number of benzene rings is 1. The van der Waals surface area contributed by atoms with Gasteiger partial charge in [-0.25, -0.2) is 13.2 Å². The van der Waals surface area contributed by atoms with Crippen LogP contribution in [0.4, 0.5) is 5.69 Å². The minimum Gasteiger partial charge on any atom is -0.452 e. The second kappa shape index (κ2) is 8.49. The van der Waals surface area contributed by atoms with Gasteiger partial charge in [-0.15, -0.1) is 0 Å². The molecule has 0 unspecified atom stereocenters. The van der Waals surface area contributed by atoms with Crippen LogP contribution in [-0.2, 0) is 19.6 Å².